The summed E-state index contributed by atoms with van der Waals surface area (Å²) in [5.74, 6) is 0.353. The van der Waals surface area contributed by atoms with E-state index in [1.54, 1.807) is 7.05 Å². The molecule has 0 aromatic heterocycles. The smallest absolute Gasteiger partial charge is 0.355 e. The van der Waals surface area contributed by atoms with Crippen LogP contribution in [0, 0.1) is 0 Å². The Morgan fingerprint density at radius 1 is 1.17 bits per heavy atom. The Bertz CT molecular complexity index is 770. The molecule has 1 fully saturated rings. The van der Waals surface area contributed by atoms with Crippen LogP contribution in [0.4, 0.5) is 13.2 Å². The highest BCUT2D eigenvalue weighted by Crippen LogP contribution is 2.25. The van der Waals surface area contributed by atoms with Gasteiger partial charge in [-0.15, -0.1) is 24.0 Å². The lowest BCUT2D eigenvalue weighted by molar-refractivity contribution is -0.181. The van der Waals surface area contributed by atoms with Gasteiger partial charge >= 0.3 is 6.18 Å². The molecule has 2 rings (SSSR count). The number of benzene rings is 1. The number of piperazine rings is 1. The molecule has 0 amide bonds. The van der Waals surface area contributed by atoms with Gasteiger partial charge in [0.1, 0.15) is 6.04 Å². The monoisotopic (exact) mass is 563 g/mol. The van der Waals surface area contributed by atoms with Gasteiger partial charge in [-0.25, -0.2) is 13.1 Å². The molecule has 1 aliphatic heterocycles. The van der Waals surface area contributed by atoms with Crippen LogP contribution in [0.15, 0.2) is 35.3 Å². The van der Waals surface area contributed by atoms with Gasteiger partial charge in [0.05, 0.1) is 5.75 Å². The summed E-state index contributed by atoms with van der Waals surface area (Å²) in [5, 5.41) is 2.98. The minimum Gasteiger partial charge on any atom is -0.355 e. The van der Waals surface area contributed by atoms with Gasteiger partial charge in [0.2, 0.25) is 10.0 Å². The second-order valence-corrected chi connectivity index (χ2v) is 8.77. The first-order valence-corrected chi connectivity index (χ1v) is 11.1. The number of nitrogens with zero attached hydrogens (tertiary/aromatic N) is 3. The molecule has 0 radical (unpaired) electrons. The van der Waals surface area contributed by atoms with Crippen molar-refractivity contribution in [2.45, 2.75) is 25.7 Å². The molecule has 12 heteroatoms. The number of halogens is 4. The van der Waals surface area contributed by atoms with Crippen molar-refractivity contribution >= 4 is 40.0 Å². The van der Waals surface area contributed by atoms with E-state index in [0.29, 0.717) is 19.0 Å². The first-order chi connectivity index (χ1) is 13.6. The van der Waals surface area contributed by atoms with Crippen molar-refractivity contribution in [2.24, 2.45) is 4.99 Å². The molecule has 0 aliphatic carbocycles. The zero-order valence-corrected chi connectivity index (χ0v) is 20.2. The predicted octanol–water partition coefficient (Wildman–Crippen LogP) is 1.87. The quantitative estimate of drug-likeness (QED) is 0.301. The maximum atomic E-state index is 12.9. The van der Waals surface area contributed by atoms with Crippen LogP contribution in [0.1, 0.15) is 12.5 Å². The topological polar surface area (TPSA) is 77.0 Å². The van der Waals surface area contributed by atoms with Gasteiger partial charge in [0.25, 0.3) is 0 Å². The van der Waals surface area contributed by atoms with Gasteiger partial charge in [0.15, 0.2) is 5.96 Å². The van der Waals surface area contributed by atoms with E-state index in [4.69, 9.17) is 0 Å². The lowest BCUT2D eigenvalue weighted by Crippen LogP contribution is -2.57. The third-order valence-corrected chi connectivity index (χ3v) is 6.17. The van der Waals surface area contributed by atoms with Gasteiger partial charge in [-0.3, -0.25) is 9.89 Å². The zero-order valence-electron chi connectivity index (χ0n) is 17.0. The number of guanidine groups is 1. The molecule has 2 N–H and O–H groups in total. The molecule has 1 atom stereocenters. The highest BCUT2D eigenvalue weighted by molar-refractivity contribution is 14.0. The summed E-state index contributed by atoms with van der Waals surface area (Å²) in [7, 11) is -1.91. The molecule has 0 saturated carbocycles. The van der Waals surface area contributed by atoms with Crippen LogP contribution in [0.2, 0.25) is 0 Å². The molecule has 1 aliphatic rings. The van der Waals surface area contributed by atoms with Gasteiger partial charge in [-0.2, -0.15) is 13.2 Å². The second kappa shape index (κ2) is 12.1. The fraction of sp³-hybridized carbons (Fsp3) is 0.611. The minimum atomic E-state index is -4.25. The molecule has 30 heavy (non-hydrogen) atoms. The van der Waals surface area contributed by atoms with Crippen molar-refractivity contribution in [3.63, 3.8) is 0 Å². The van der Waals surface area contributed by atoms with Crippen LogP contribution in [-0.4, -0.2) is 81.9 Å². The third kappa shape index (κ3) is 8.55. The molecular weight excluding hydrogens is 534 g/mol. The average molecular weight is 563 g/mol. The molecule has 0 spiro atoms. The normalized spacial score (nSPS) is 17.4. The minimum absolute atomic E-state index is 0. The molecule has 1 heterocycles. The van der Waals surface area contributed by atoms with Crippen molar-refractivity contribution in [1.29, 1.82) is 0 Å². The first kappa shape index (κ1) is 26.9. The zero-order chi connectivity index (χ0) is 21.5. The molecule has 1 unspecified atom stereocenters. The van der Waals surface area contributed by atoms with Gasteiger partial charge in [-0.1, -0.05) is 30.3 Å². The molecule has 1 aromatic carbocycles. The van der Waals surface area contributed by atoms with Crippen molar-refractivity contribution in [3.8, 4) is 0 Å². The summed E-state index contributed by atoms with van der Waals surface area (Å²) in [6.45, 7) is 2.83. The number of hydrogen-bond acceptors (Lipinski definition) is 4. The van der Waals surface area contributed by atoms with Gasteiger partial charge in [0, 0.05) is 46.3 Å². The van der Waals surface area contributed by atoms with Crippen LogP contribution < -0.4 is 10.0 Å². The average Bonchev–Trinajstić information content (AvgIpc) is 2.69. The van der Waals surface area contributed by atoms with E-state index in [2.05, 4.69) is 15.0 Å². The van der Waals surface area contributed by atoms with Crippen molar-refractivity contribution in [1.82, 2.24) is 19.8 Å². The highest BCUT2D eigenvalue weighted by Gasteiger charge is 2.41. The number of nitrogens with one attached hydrogen (secondary N) is 2. The van der Waals surface area contributed by atoms with Gasteiger partial charge in [-0.05, 0) is 12.5 Å². The number of aliphatic imine (C=N–C) groups is 1. The molecular formula is C18H29F3IN5O2S. The Labute approximate surface area is 193 Å². The van der Waals surface area contributed by atoms with E-state index in [1.807, 2.05) is 35.2 Å². The summed E-state index contributed by atoms with van der Waals surface area (Å²) >= 11 is 0. The predicted molar refractivity (Wildman–Crippen MR) is 123 cm³/mol. The Balaban J connectivity index is 0.00000450. The van der Waals surface area contributed by atoms with Crippen LogP contribution in [0.3, 0.4) is 0 Å². The van der Waals surface area contributed by atoms with Crippen molar-refractivity contribution in [3.05, 3.63) is 35.9 Å². The summed E-state index contributed by atoms with van der Waals surface area (Å²) in [4.78, 5) is 7.35. The van der Waals surface area contributed by atoms with Crippen LogP contribution >= 0.6 is 24.0 Å². The Hall–Kier alpha value is -1.12. The summed E-state index contributed by atoms with van der Waals surface area (Å²) in [5.41, 5.74) is 0.866. The van der Waals surface area contributed by atoms with E-state index in [0.717, 1.165) is 12.5 Å². The Morgan fingerprint density at radius 2 is 1.77 bits per heavy atom. The number of sulfonamides is 1. The molecule has 172 valence electrons. The molecule has 1 aromatic rings. The van der Waals surface area contributed by atoms with E-state index < -0.39 is 22.2 Å². The fourth-order valence-corrected chi connectivity index (χ4v) is 3.92. The van der Waals surface area contributed by atoms with Crippen LogP contribution in [0.5, 0.6) is 0 Å². The number of hydrogen-bond donors (Lipinski definition) is 2. The molecule has 1 saturated heterocycles. The Kier molecular flexibility index (Phi) is 10.8. The molecule has 0 bridgehead atoms. The van der Waals surface area contributed by atoms with Crippen LogP contribution in [0.25, 0.3) is 0 Å². The first-order valence-electron chi connectivity index (χ1n) is 9.40. The SMILES string of the molecule is CN=C(NCCS(=O)(=O)NCc1ccccc1)N1CCN(C(C)C(F)(F)F)CC1.I. The van der Waals surface area contributed by atoms with Crippen molar-refractivity contribution < 1.29 is 21.6 Å². The standard InChI is InChI=1S/C18H28F3N5O2S.HI/c1-15(18(19,20)21)25-9-11-26(12-10-25)17(22-2)23-8-13-29(27,28)24-14-16-6-4-3-5-7-16;/h3-7,15,24H,8-14H2,1-2H3,(H,22,23);1H. The maximum Gasteiger partial charge on any atom is 0.403 e. The van der Waals surface area contributed by atoms with Crippen molar-refractivity contribution in [2.75, 3.05) is 45.5 Å². The summed E-state index contributed by atoms with van der Waals surface area (Å²) in [6, 6.07) is 7.72. The number of rotatable bonds is 7. The highest BCUT2D eigenvalue weighted by atomic mass is 127. The maximum absolute atomic E-state index is 12.9. The lowest BCUT2D eigenvalue weighted by atomic mass is 10.2. The molecule has 7 nitrogen and oxygen atoms in total. The second-order valence-electron chi connectivity index (χ2n) is 6.84. The van der Waals surface area contributed by atoms with E-state index >= 15 is 0 Å². The summed E-state index contributed by atoms with van der Waals surface area (Å²) in [6.07, 6.45) is -4.25. The Morgan fingerprint density at radius 3 is 2.30 bits per heavy atom. The van der Waals surface area contributed by atoms with E-state index in [-0.39, 0.29) is 55.9 Å². The third-order valence-electron chi connectivity index (χ3n) is 4.84. The van der Waals surface area contributed by atoms with E-state index in [9.17, 15) is 21.6 Å². The van der Waals surface area contributed by atoms with Gasteiger partial charge < -0.3 is 10.2 Å². The lowest BCUT2D eigenvalue weighted by Gasteiger charge is -2.39. The van der Waals surface area contributed by atoms with E-state index in [1.165, 1.54) is 4.90 Å². The van der Waals surface area contributed by atoms with Crippen LogP contribution in [-0.2, 0) is 16.6 Å². The number of alkyl halides is 3. The fourth-order valence-electron chi connectivity index (χ4n) is 3.02. The largest absolute Gasteiger partial charge is 0.403 e. The summed E-state index contributed by atoms with van der Waals surface area (Å²) < 4.78 is 65.4.